The highest BCUT2D eigenvalue weighted by Gasteiger charge is 2.13. The molecule has 0 aliphatic rings. The van der Waals surface area contributed by atoms with Crippen LogP contribution in [0.2, 0.25) is 5.02 Å². The minimum atomic E-state index is -0.229. The molecule has 1 heterocycles. The fourth-order valence-corrected chi connectivity index (χ4v) is 2.09. The first-order valence-corrected chi connectivity index (χ1v) is 6.66. The van der Waals surface area contributed by atoms with Crippen molar-refractivity contribution in [3.63, 3.8) is 0 Å². The number of amides is 1. The molecule has 1 aromatic carbocycles. The molecule has 0 saturated carbocycles. The number of halogens is 1. The van der Waals surface area contributed by atoms with E-state index in [1.807, 2.05) is 17.7 Å². The molecule has 5 nitrogen and oxygen atoms in total. The SMILES string of the molecule is CCn1nccc1CNC(=O)c1cc(Cl)ccc1OC. The second-order valence-corrected chi connectivity index (χ2v) is 4.60. The Hall–Kier alpha value is -2.01. The lowest BCUT2D eigenvalue weighted by Crippen LogP contribution is -2.24. The van der Waals surface area contributed by atoms with Gasteiger partial charge in [0, 0.05) is 17.8 Å². The number of carbonyl (C=O) groups is 1. The Morgan fingerprint density at radius 2 is 2.25 bits per heavy atom. The smallest absolute Gasteiger partial charge is 0.255 e. The van der Waals surface area contributed by atoms with Gasteiger partial charge in [-0.3, -0.25) is 9.48 Å². The number of methoxy groups -OCH3 is 1. The number of ether oxygens (including phenoxy) is 1. The molecule has 0 radical (unpaired) electrons. The van der Waals surface area contributed by atoms with E-state index < -0.39 is 0 Å². The van der Waals surface area contributed by atoms with Gasteiger partial charge in [-0.1, -0.05) is 11.6 Å². The molecule has 6 heteroatoms. The molecular formula is C14H16ClN3O2. The van der Waals surface area contributed by atoms with E-state index in [1.165, 1.54) is 7.11 Å². The second kappa shape index (κ2) is 6.43. The molecule has 0 aliphatic heterocycles. The van der Waals surface area contributed by atoms with Crippen molar-refractivity contribution in [2.24, 2.45) is 0 Å². The summed E-state index contributed by atoms with van der Waals surface area (Å²) in [6, 6.07) is 6.82. The zero-order valence-electron chi connectivity index (χ0n) is 11.4. The summed E-state index contributed by atoms with van der Waals surface area (Å²) in [5.41, 5.74) is 1.37. The van der Waals surface area contributed by atoms with E-state index in [4.69, 9.17) is 16.3 Å². The summed E-state index contributed by atoms with van der Waals surface area (Å²) in [5.74, 6) is 0.268. The molecule has 2 rings (SSSR count). The van der Waals surface area contributed by atoms with Gasteiger partial charge >= 0.3 is 0 Å². The van der Waals surface area contributed by atoms with Gasteiger partial charge in [0.15, 0.2) is 0 Å². The van der Waals surface area contributed by atoms with Crippen LogP contribution < -0.4 is 10.1 Å². The average molecular weight is 294 g/mol. The average Bonchev–Trinajstić information content (AvgIpc) is 2.92. The van der Waals surface area contributed by atoms with Gasteiger partial charge in [-0.05, 0) is 31.2 Å². The van der Waals surface area contributed by atoms with Gasteiger partial charge in [-0.25, -0.2) is 0 Å². The summed E-state index contributed by atoms with van der Waals surface area (Å²) in [5, 5.41) is 7.49. The third-order valence-electron chi connectivity index (χ3n) is 2.94. The standard InChI is InChI=1S/C14H16ClN3O2/c1-3-18-11(6-7-17-18)9-16-14(19)12-8-10(15)4-5-13(12)20-2/h4-8H,3,9H2,1-2H3,(H,16,19). The predicted octanol–water partition coefficient (Wildman–Crippen LogP) is 2.50. The first-order chi connectivity index (χ1) is 9.65. The first kappa shape index (κ1) is 14.4. The van der Waals surface area contributed by atoms with Crippen molar-refractivity contribution in [3.8, 4) is 5.75 Å². The number of carbonyl (C=O) groups excluding carboxylic acids is 1. The van der Waals surface area contributed by atoms with Crippen LogP contribution in [0.15, 0.2) is 30.5 Å². The Kier molecular flexibility index (Phi) is 4.63. The van der Waals surface area contributed by atoms with Crippen LogP contribution in [-0.2, 0) is 13.1 Å². The number of aryl methyl sites for hydroxylation is 1. The van der Waals surface area contributed by atoms with E-state index in [0.29, 0.717) is 22.9 Å². The fourth-order valence-electron chi connectivity index (χ4n) is 1.92. The number of hydrogen-bond donors (Lipinski definition) is 1. The maximum Gasteiger partial charge on any atom is 0.255 e. The molecule has 20 heavy (non-hydrogen) atoms. The van der Waals surface area contributed by atoms with Crippen LogP contribution in [0.4, 0.5) is 0 Å². The summed E-state index contributed by atoms with van der Waals surface area (Å²) < 4.78 is 7.00. The summed E-state index contributed by atoms with van der Waals surface area (Å²) in [6.45, 7) is 3.17. The van der Waals surface area contributed by atoms with Crippen molar-refractivity contribution in [2.45, 2.75) is 20.0 Å². The Bertz CT molecular complexity index is 610. The van der Waals surface area contributed by atoms with E-state index in [-0.39, 0.29) is 5.91 Å². The second-order valence-electron chi connectivity index (χ2n) is 4.17. The van der Waals surface area contributed by atoms with Gasteiger partial charge in [0.05, 0.1) is 24.9 Å². The van der Waals surface area contributed by atoms with Crippen LogP contribution in [0.1, 0.15) is 23.0 Å². The van der Waals surface area contributed by atoms with Crippen LogP contribution in [0.3, 0.4) is 0 Å². The van der Waals surface area contributed by atoms with Crippen molar-refractivity contribution in [1.29, 1.82) is 0 Å². The van der Waals surface area contributed by atoms with E-state index >= 15 is 0 Å². The van der Waals surface area contributed by atoms with Crippen LogP contribution in [0, 0.1) is 0 Å². The maximum atomic E-state index is 12.2. The van der Waals surface area contributed by atoms with Crippen LogP contribution >= 0.6 is 11.6 Å². The Morgan fingerprint density at radius 3 is 2.95 bits per heavy atom. The molecule has 0 bridgehead atoms. The highest BCUT2D eigenvalue weighted by atomic mass is 35.5. The number of aromatic nitrogens is 2. The lowest BCUT2D eigenvalue weighted by molar-refractivity contribution is 0.0947. The monoisotopic (exact) mass is 293 g/mol. The van der Waals surface area contributed by atoms with Gasteiger partial charge in [-0.2, -0.15) is 5.10 Å². The number of rotatable bonds is 5. The quantitative estimate of drug-likeness (QED) is 0.921. The van der Waals surface area contributed by atoms with E-state index in [1.54, 1.807) is 24.4 Å². The topological polar surface area (TPSA) is 56.2 Å². The van der Waals surface area contributed by atoms with Crippen molar-refractivity contribution in [2.75, 3.05) is 7.11 Å². The van der Waals surface area contributed by atoms with Gasteiger partial charge in [0.1, 0.15) is 5.75 Å². The molecule has 1 aromatic heterocycles. The molecule has 0 fully saturated rings. The predicted molar refractivity (Wildman–Crippen MR) is 77.1 cm³/mol. The third kappa shape index (κ3) is 3.11. The lowest BCUT2D eigenvalue weighted by atomic mass is 10.2. The van der Waals surface area contributed by atoms with Crippen LogP contribution in [-0.4, -0.2) is 22.8 Å². The summed E-state index contributed by atoms with van der Waals surface area (Å²) in [6.07, 6.45) is 1.71. The minimum Gasteiger partial charge on any atom is -0.496 e. The van der Waals surface area contributed by atoms with Crippen molar-refractivity contribution >= 4 is 17.5 Å². The fraction of sp³-hybridized carbons (Fsp3) is 0.286. The number of nitrogens with zero attached hydrogens (tertiary/aromatic N) is 2. The highest BCUT2D eigenvalue weighted by Crippen LogP contribution is 2.22. The largest absolute Gasteiger partial charge is 0.496 e. The lowest BCUT2D eigenvalue weighted by Gasteiger charge is -2.10. The van der Waals surface area contributed by atoms with E-state index in [9.17, 15) is 4.79 Å². The molecule has 2 aromatic rings. The number of hydrogen-bond acceptors (Lipinski definition) is 3. The Balaban J connectivity index is 2.11. The minimum absolute atomic E-state index is 0.229. The molecule has 1 amide bonds. The van der Waals surface area contributed by atoms with Crippen molar-refractivity contribution in [1.82, 2.24) is 15.1 Å². The van der Waals surface area contributed by atoms with E-state index in [2.05, 4.69) is 10.4 Å². The number of nitrogens with one attached hydrogen (secondary N) is 1. The molecular weight excluding hydrogens is 278 g/mol. The van der Waals surface area contributed by atoms with Crippen LogP contribution in [0.25, 0.3) is 0 Å². The first-order valence-electron chi connectivity index (χ1n) is 6.28. The van der Waals surface area contributed by atoms with Crippen molar-refractivity contribution in [3.05, 3.63) is 46.7 Å². The Morgan fingerprint density at radius 1 is 1.45 bits per heavy atom. The van der Waals surface area contributed by atoms with Gasteiger partial charge < -0.3 is 10.1 Å². The van der Waals surface area contributed by atoms with Crippen LogP contribution in [0.5, 0.6) is 5.75 Å². The zero-order valence-corrected chi connectivity index (χ0v) is 12.1. The third-order valence-corrected chi connectivity index (χ3v) is 3.18. The molecule has 0 atom stereocenters. The molecule has 0 saturated heterocycles. The molecule has 0 aliphatic carbocycles. The van der Waals surface area contributed by atoms with Gasteiger partial charge in [-0.15, -0.1) is 0 Å². The summed E-state index contributed by atoms with van der Waals surface area (Å²) >= 11 is 5.92. The summed E-state index contributed by atoms with van der Waals surface area (Å²) in [7, 11) is 1.52. The molecule has 0 unspecified atom stereocenters. The van der Waals surface area contributed by atoms with E-state index in [0.717, 1.165) is 12.2 Å². The molecule has 106 valence electrons. The van der Waals surface area contributed by atoms with Gasteiger partial charge in [0.25, 0.3) is 5.91 Å². The molecule has 0 spiro atoms. The zero-order chi connectivity index (χ0) is 14.5. The number of benzene rings is 1. The highest BCUT2D eigenvalue weighted by molar-refractivity contribution is 6.31. The maximum absolute atomic E-state index is 12.2. The normalized spacial score (nSPS) is 10.3. The van der Waals surface area contributed by atoms with Crippen molar-refractivity contribution < 1.29 is 9.53 Å². The molecule has 1 N–H and O–H groups in total. The summed E-state index contributed by atoms with van der Waals surface area (Å²) in [4.78, 5) is 12.2. The van der Waals surface area contributed by atoms with Gasteiger partial charge in [0.2, 0.25) is 0 Å². The Labute approximate surface area is 122 Å².